The van der Waals surface area contributed by atoms with Crippen molar-refractivity contribution in [3.05, 3.63) is 59.1 Å². The zero-order valence-corrected chi connectivity index (χ0v) is 15.3. The van der Waals surface area contributed by atoms with Crippen molar-refractivity contribution in [2.24, 2.45) is 0 Å². The smallest absolute Gasteiger partial charge is 0.277 e. The molecule has 0 atom stereocenters. The SMILES string of the molecule is Cc1cccc(-c2nc(NC(=O)c3cnnn3-c3ncccn3)sc2C)n1. The molecule has 9 nitrogen and oxygen atoms in total. The number of carbonyl (C=O) groups excluding carboxylic acids is 1. The summed E-state index contributed by atoms with van der Waals surface area (Å²) in [6.07, 6.45) is 4.49. The Balaban J connectivity index is 1.60. The molecule has 4 heterocycles. The molecule has 0 spiro atoms. The summed E-state index contributed by atoms with van der Waals surface area (Å²) in [5.74, 6) is -0.134. The molecule has 0 aliphatic heterocycles. The molecule has 0 aliphatic carbocycles. The van der Waals surface area contributed by atoms with Gasteiger partial charge in [-0.05, 0) is 32.0 Å². The van der Waals surface area contributed by atoms with Crippen molar-refractivity contribution in [2.45, 2.75) is 13.8 Å². The fraction of sp³-hybridized carbons (Fsp3) is 0.118. The summed E-state index contributed by atoms with van der Waals surface area (Å²) in [5.41, 5.74) is 2.64. The van der Waals surface area contributed by atoms with E-state index in [4.69, 9.17) is 0 Å². The van der Waals surface area contributed by atoms with Crippen molar-refractivity contribution in [2.75, 3.05) is 5.32 Å². The molecule has 0 bridgehead atoms. The molecule has 0 aliphatic rings. The second kappa shape index (κ2) is 7.00. The van der Waals surface area contributed by atoms with Gasteiger partial charge in [0, 0.05) is 23.0 Å². The molecule has 0 fully saturated rings. The highest BCUT2D eigenvalue weighted by Crippen LogP contribution is 2.29. The van der Waals surface area contributed by atoms with Crippen LogP contribution < -0.4 is 5.32 Å². The van der Waals surface area contributed by atoms with E-state index in [1.54, 1.807) is 18.5 Å². The highest BCUT2D eigenvalue weighted by atomic mass is 32.1. The highest BCUT2D eigenvalue weighted by Gasteiger charge is 2.19. The van der Waals surface area contributed by atoms with E-state index < -0.39 is 5.91 Å². The number of aryl methyl sites for hydroxylation is 2. The van der Waals surface area contributed by atoms with Crippen molar-refractivity contribution in [1.82, 2.24) is 34.9 Å². The summed E-state index contributed by atoms with van der Waals surface area (Å²) in [5, 5.41) is 10.9. The second-order valence-corrected chi connectivity index (χ2v) is 6.83. The Morgan fingerprint density at radius 2 is 1.93 bits per heavy atom. The second-order valence-electron chi connectivity index (χ2n) is 5.62. The molecule has 4 aromatic rings. The zero-order chi connectivity index (χ0) is 18.8. The number of nitrogens with zero attached hydrogens (tertiary/aromatic N) is 7. The molecule has 0 saturated carbocycles. The van der Waals surface area contributed by atoms with E-state index in [9.17, 15) is 4.79 Å². The van der Waals surface area contributed by atoms with Gasteiger partial charge in [-0.1, -0.05) is 11.3 Å². The normalized spacial score (nSPS) is 10.7. The standard InChI is InChI=1S/C17H14N8OS/c1-10-5-3-6-12(21-10)14-11(2)27-17(22-14)23-15(26)13-9-20-24-25(13)16-18-7-4-8-19-16/h3-9H,1-2H3,(H,22,23,26). The van der Waals surface area contributed by atoms with Crippen molar-refractivity contribution >= 4 is 22.4 Å². The summed E-state index contributed by atoms with van der Waals surface area (Å²) < 4.78 is 1.28. The number of thiazole rings is 1. The first-order valence-electron chi connectivity index (χ1n) is 8.03. The number of aromatic nitrogens is 7. The largest absolute Gasteiger partial charge is 0.296 e. The highest BCUT2D eigenvalue weighted by molar-refractivity contribution is 7.16. The Kier molecular flexibility index (Phi) is 4.38. The van der Waals surface area contributed by atoms with Crippen LogP contribution in [0.25, 0.3) is 17.3 Å². The minimum absolute atomic E-state index is 0.212. The van der Waals surface area contributed by atoms with Crippen molar-refractivity contribution in [3.8, 4) is 17.3 Å². The fourth-order valence-corrected chi connectivity index (χ4v) is 3.28. The molecular formula is C17H14N8OS. The van der Waals surface area contributed by atoms with Crippen molar-refractivity contribution in [3.63, 3.8) is 0 Å². The summed E-state index contributed by atoms with van der Waals surface area (Å²) >= 11 is 1.38. The summed E-state index contributed by atoms with van der Waals surface area (Å²) in [6.45, 7) is 3.87. The molecule has 4 rings (SSSR count). The summed E-state index contributed by atoms with van der Waals surface area (Å²) in [6, 6.07) is 7.43. The Bertz CT molecular complexity index is 1110. The average Bonchev–Trinajstić information content (AvgIpc) is 3.29. The first kappa shape index (κ1) is 16.9. The van der Waals surface area contributed by atoms with Gasteiger partial charge in [0.1, 0.15) is 5.69 Å². The number of rotatable bonds is 4. The number of hydrogen-bond acceptors (Lipinski definition) is 8. The van der Waals surface area contributed by atoms with E-state index in [0.29, 0.717) is 5.13 Å². The molecular weight excluding hydrogens is 364 g/mol. The van der Waals surface area contributed by atoms with Gasteiger partial charge in [-0.15, -0.1) is 16.4 Å². The maximum Gasteiger partial charge on any atom is 0.277 e. The monoisotopic (exact) mass is 378 g/mol. The van der Waals surface area contributed by atoms with Gasteiger partial charge in [0.2, 0.25) is 0 Å². The molecule has 0 radical (unpaired) electrons. The van der Waals surface area contributed by atoms with Crippen molar-refractivity contribution in [1.29, 1.82) is 0 Å². The Morgan fingerprint density at radius 1 is 1.11 bits per heavy atom. The van der Waals surface area contributed by atoms with Gasteiger partial charge in [-0.2, -0.15) is 4.68 Å². The van der Waals surface area contributed by atoms with E-state index in [0.717, 1.165) is 22.0 Å². The quantitative estimate of drug-likeness (QED) is 0.580. The fourth-order valence-electron chi connectivity index (χ4n) is 2.46. The van der Waals surface area contributed by atoms with Gasteiger partial charge in [-0.3, -0.25) is 15.1 Å². The number of carbonyl (C=O) groups is 1. The van der Waals surface area contributed by atoms with E-state index in [-0.39, 0.29) is 11.6 Å². The van der Waals surface area contributed by atoms with Gasteiger partial charge < -0.3 is 0 Å². The van der Waals surface area contributed by atoms with Crippen LogP contribution in [-0.4, -0.2) is 40.8 Å². The lowest BCUT2D eigenvalue weighted by atomic mass is 10.2. The third-order valence-corrected chi connectivity index (χ3v) is 4.56. The lowest BCUT2D eigenvalue weighted by Crippen LogP contribution is -2.18. The van der Waals surface area contributed by atoms with Crippen LogP contribution in [0.1, 0.15) is 21.1 Å². The van der Waals surface area contributed by atoms with Gasteiger partial charge in [0.15, 0.2) is 10.8 Å². The molecule has 1 amide bonds. The summed E-state index contributed by atoms with van der Waals surface area (Å²) in [4.78, 5) is 30.8. The number of nitrogens with one attached hydrogen (secondary N) is 1. The summed E-state index contributed by atoms with van der Waals surface area (Å²) in [7, 11) is 0. The first-order valence-corrected chi connectivity index (χ1v) is 8.84. The van der Waals surface area contributed by atoms with Crippen LogP contribution in [0.3, 0.4) is 0 Å². The predicted octanol–water partition coefficient (Wildman–Crippen LogP) is 2.44. The number of pyridine rings is 1. The predicted molar refractivity (Wildman–Crippen MR) is 99.7 cm³/mol. The lowest BCUT2D eigenvalue weighted by molar-refractivity contribution is 0.101. The maximum absolute atomic E-state index is 12.7. The molecule has 0 unspecified atom stereocenters. The van der Waals surface area contributed by atoms with Crippen LogP contribution in [0.5, 0.6) is 0 Å². The van der Waals surface area contributed by atoms with E-state index in [2.05, 4.69) is 35.6 Å². The van der Waals surface area contributed by atoms with Gasteiger partial charge in [0.25, 0.3) is 11.9 Å². The number of anilines is 1. The van der Waals surface area contributed by atoms with Crippen LogP contribution >= 0.6 is 11.3 Å². The Morgan fingerprint density at radius 3 is 2.70 bits per heavy atom. The maximum atomic E-state index is 12.7. The third kappa shape index (κ3) is 3.42. The molecule has 0 saturated heterocycles. The van der Waals surface area contributed by atoms with Crippen LogP contribution in [0.4, 0.5) is 5.13 Å². The van der Waals surface area contributed by atoms with Crippen LogP contribution in [0, 0.1) is 13.8 Å². The first-order chi connectivity index (χ1) is 13.1. The van der Waals surface area contributed by atoms with Crippen LogP contribution in [-0.2, 0) is 0 Å². The minimum atomic E-state index is -0.398. The van der Waals surface area contributed by atoms with Gasteiger partial charge >= 0.3 is 0 Å². The van der Waals surface area contributed by atoms with E-state index in [1.165, 1.54) is 22.2 Å². The lowest BCUT2D eigenvalue weighted by Gasteiger charge is -2.03. The third-order valence-electron chi connectivity index (χ3n) is 3.67. The Labute approximate surface area is 158 Å². The topological polar surface area (TPSA) is 111 Å². The molecule has 4 aromatic heterocycles. The van der Waals surface area contributed by atoms with E-state index in [1.807, 2.05) is 32.0 Å². The van der Waals surface area contributed by atoms with Crippen LogP contribution in [0.2, 0.25) is 0 Å². The van der Waals surface area contributed by atoms with Gasteiger partial charge in [-0.25, -0.2) is 15.0 Å². The molecule has 10 heteroatoms. The molecule has 0 aromatic carbocycles. The molecule has 27 heavy (non-hydrogen) atoms. The molecule has 134 valence electrons. The van der Waals surface area contributed by atoms with Gasteiger partial charge in [0.05, 0.1) is 11.9 Å². The zero-order valence-electron chi connectivity index (χ0n) is 14.5. The van der Waals surface area contributed by atoms with Crippen LogP contribution in [0.15, 0.2) is 42.9 Å². The average molecular weight is 378 g/mol. The number of hydrogen-bond donors (Lipinski definition) is 1. The molecule has 1 N–H and O–H groups in total. The number of amides is 1. The minimum Gasteiger partial charge on any atom is -0.296 e. The van der Waals surface area contributed by atoms with E-state index >= 15 is 0 Å². The Hall–Kier alpha value is -3.53. The van der Waals surface area contributed by atoms with Crippen molar-refractivity contribution < 1.29 is 4.79 Å².